The maximum atomic E-state index is 13.2. The molecule has 7 heteroatoms. The molecule has 0 spiro atoms. The van der Waals surface area contributed by atoms with Gasteiger partial charge in [0, 0.05) is 33.6 Å². The van der Waals surface area contributed by atoms with Gasteiger partial charge < -0.3 is 4.57 Å². The van der Waals surface area contributed by atoms with Crippen molar-refractivity contribution in [2.75, 3.05) is 0 Å². The van der Waals surface area contributed by atoms with Crippen molar-refractivity contribution in [3.8, 4) is 0 Å². The highest BCUT2D eigenvalue weighted by molar-refractivity contribution is 8.00. The molecule has 0 N–H and O–H groups in total. The van der Waals surface area contributed by atoms with Crippen molar-refractivity contribution >= 4 is 46.6 Å². The number of rotatable bonds is 7. The van der Waals surface area contributed by atoms with Gasteiger partial charge in [-0.15, -0.1) is 11.8 Å². The van der Waals surface area contributed by atoms with Crippen LogP contribution in [0.25, 0.3) is 0 Å². The number of imidazole rings is 1. The molecule has 0 aliphatic heterocycles. The van der Waals surface area contributed by atoms with Crippen LogP contribution in [0, 0.1) is 5.82 Å². The summed E-state index contributed by atoms with van der Waals surface area (Å²) in [6.45, 7) is 2.90. The summed E-state index contributed by atoms with van der Waals surface area (Å²) in [7, 11) is 0. The van der Waals surface area contributed by atoms with Crippen LogP contribution in [0.1, 0.15) is 18.9 Å². The second-order valence-corrected chi connectivity index (χ2v) is 9.46. The first-order valence-electron chi connectivity index (χ1n) is 8.38. The molecule has 0 radical (unpaired) electrons. The minimum Gasteiger partial charge on any atom is -0.336 e. The van der Waals surface area contributed by atoms with Gasteiger partial charge in [0.25, 0.3) is 0 Å². The smallest absolute Gasteiger partial charge is 0.123 e. The molecule has 1 heterocycles. The van der Waals surface area contributed by atoms with Crippen LogP contribution in [0.15, 0.2) is 60.0 Å². The summed E-state index contributed by atoms with van der Waals surface area (Å²) in [6.07, 6.45) is 7.13. The van der Waals surface area contributed by atoms with Crippen LogP contribution in [-0.2, 0) is 13.0 Å². The van der Waals surface area contributed by atoms with Crippen LogP contribution in [-0.4, -0.2) is 14.3 Å². The van der Waals surface area contributed by atoms with Gasteiger partial charge in [-0.3, -0.25) is 0 Å². The maximum absolute atomic E-state index is 13.2. The molecule has 0 aliphatic rings. The Hall–Kier alpha value is -1.20. The van der Waals surface area contributed by atoms with Crippen molar-refractivity contribution in [3.05, 3.63) is 81.6 Å². The Morgan fingerprint density at radius 3 is 2.37 bits per heavy atom. The maximum Gasteiger partial charge on any atom is 0.123 e. The molecule has 0 saturated carbocycles. The molecule has 1 unspecified atom stereocenters. The molecular weight excluding hydrogens is 426 g/mol. The molecule has 0 fully saturated rings. The average molecular weight is 444 g/mol. The lowest BCUT2D eigenvalue weighted by Gasteiger charge is -2.30. The zero-order valence-corrected chi connectivity index (χ0v) is 17.7. The van der Waals surface area contributed by atoms with E-state index in [2.05, 4.69) is 11.9 Å². The van der Waals surface area contributed by atoms with Crippen molar-refractivity contribution in [2.45, 2.75) is 36.0 Å². The molecule has 0 bridgehead atoms. The summed E-state index contributed by atoms with van der Waals surface area (Å²) < 4.78 is 15.0. The summed E-state index contributed by atoms with van der Waals surface area (Å²) in [4.78, 5) is 4.94. The molecule has 3 rings (SSSR count). The SMILES string of the molecule is CC(CCc1ccc(F)cc1)(Cn1ccnc1)Sc1c(Cl)cc(Cl)cc1Cl. The third-order valence-electron chi connectivity index (χ3n) is 4.24. The molecule has 1 atom stereocenters. The van der Waals surface area contributed by atoms with Gasteiger partial charge in [-0.1, -0.05) is 46.9 Å². The molecule has 0 amide bonds. The van der Waals surface area contributed by atoms with Crippen LogP contribution < -0.4 is 0 Å². The number of benzene rings is 2. The Balaban J connectivity index is 1.84. The van der Waals surface area contributed by atoms with Crippen LogP contribution in [0.3, 0.4) is 0 Å². The minimum atomic E-state index is -0.228. The van der Waals surface area contributed by atoms with Gasteiger partial charge >= 0.3 is 0 Å². The van der Waals surface area contributed by atoms with Gasteiger partial charge in [0.1, 0.15) is 5.82 Å². The van der Waals surface area contributed by atoms with E-state index in [1.165, 1.54) is 12.1 Å². The van der Waals surface area contributed by atoms with Crippen LogP contribution >= 0.6 is 46.6 Å². The standard InChI is InChI=1S/C20H18Cl3FN2S/c1-20(12-26-9-8-25-13-26,7-6-14-2-4-16(24)5-3-14)27-19-17(22)10-15(21)11-18(19)23/h2-5,8-11,13H,6-7,12H2,1H3. The molecular formula is C20H18Cl3FN2S. The first-order chi connectivity index (χ1) is 12.8. The zero-order chi connectivity index (χ0) is 19.4. The highest BCUT2D eigenvalue weighted by atomic mass is 35.5. The van der Waals surface area contributed by atoms with Crippen LogP contribution in [0.2, 0.25) is 15.1 Å². The number of hydrogen-bond donors (Lipinski definition) is 0. The molecule has 3 aromatic rings. The quantitative estimate of drug-likeness (QED) is 0.360. The van der Waals surface area contributed by atoms with E-state index in [9.17, 15) is 4.39 Å². The first-order valence-corrected chi connectivity index (χ1v) is 10.3. The fourth-order valence-electron chi connectivity index (χ4n) is 2.86. The monoisotopic (exact) mass is 442 g/mol. The highest BCUT2D eigenvalue weighted by Crippen LogP contribution is 2.45. The van der Waals surface area contributed by atoms with Crippen molar-refractivity contribution in [3.63, 3.8) is 0 Å². The highest BCUT2D eigenvalue weighted by Gasteiger charge is 2.28. The molecule has 2 aromatic carbocycles. The Morgan fingerprint density at radius 2 is 1.78 bits per heavy atom. The lowest BCUT2D eigenvalue weighted by Crippen LogP contribution is -2.27. The van der Waals surface area contributed by atoms with Crippen molar-refractivity contribution < 1.29 is 4.39 Å². The van der Waals surface area contributed by atoms with Crippen molar-refractivity contribution in [2.24, 2.45) is 0 Å². The Morgan fingerprint density at radius 1 is 1.11 bits per heavy atom. The Labute approximate surface area is 177 Å². The summed E-state index contributed by atoms with van der Waals surface area (Å²) >= 11 is 20.5. The second-order valence-electron chi connectivity index (χ2n) is 6.61. The van der Waals surface area contributed by atoms with Crippen LogP contribution in [0.4, 0.5) is 4.39 Å². The first kappa shape index (κ1) is 20.5. The Kier molecular flexibility index (Phi) is 6.74. The van der Waals surface area contributed by atoms with E-state index in [1.807, 2.05) is 22.9 Å². The normalized spacial score (nSPS) is 13.5. The van der Waals surface area contributed by atoms with E-state index in [0.717, 1.165) is 29.8 Å². The second kappa shape index (κ2) is 8.87. The predicted molar refractivity (Wildman–Crippen MR) is 113 cm³/mol. The number of nitrogens with zero attached hydrogens (tertiary/aromatic N) is 2. The average Bonchev–Trinajstić information content (AvgIpc) is 3.10. The molecule has 1 aromatic heterocycles. The fourth-order valence-corrected chi connectivity index (χ4v) is 5.13. The third-order valence-corrected chi connectivity index (χ3v) is 6.75. The van der Waals surface area contributed by atoms with E-state index >= 15 is 0 Å². The third kappa shape index (κ3) is 5.64. The van der Waals surface area contributed by atoms with E-state index < -0.39 is 0 Å². The number of aromatic nitrogens is 2. The van der Waals surface area contributed by atoms with Gasteiger partial charge in [0.15, 0.2) is 0 Å². The largest absolute Gasteiger partial charge is 0.336 e. The van der Waals surface area contributed by atoms with E-state index in [4.69, 9.17) is 34.8 Å². The number of thioether (sulfide) groups is 1. The summed E-state index contributed by atoms with van der Waals surface area (Å²) in [6, 6.07) is 10.0. The topological polar surface area (TPSA) is 17.8 Å². The zero-order valence-electron chi connectivity index (χ0n) is 14.6. The van der Waals surface area contributed by atoms with Gasteiger partial charge in [-0.2, -0.15) is 0 Å². The van der Waals surface area contributed by atoms with Gasteiger partial charge in [0.2, 0.25) is 0 Å². The Bertz CT molecular complexity index is 877. The summed E-state index contributed by atoms with van der Waals surface area (Å²) in [5.74, 6) is -0.228. The molecule has 27 heavy (non-hydrogen) atoms. The van der Waals surface area contributed by atoms with Crippen molar-refractivity contribution in [1.29, 1.82) is 0 Å². The number of hydrogen-bond acceptors (Lipinski definition) is 2. The van der Waals surface area contributed by atoms with Gasteiger partial charge in [0.05, 0.1) is 16.4 Å². The predicted octanol–water partition coefficient (Wildman–Crippen LogP) is 7.17. The van der Waals surface area contributed by atoms with Crippen LogP contribution in [0.5, 0.6) is 0 Å². The number of aryl methyl sites for hydroxylation is 1. The molecule has 142 valence electrons. The molecule has 0 aliphatic carbocycles. The van der Waals surface area contributed by atoms with Crippen molar-refractivity contribution in [1.82, 2.24) is 9.55 Å². The summed E-state index contributed by atoms with van der Waals surface area (Å²) in [5, 5.41) is 1.59. The molecule has 0 saturated heterocycles. The van der Waals surface area contributed by atoms with E-state index in [0.29, 0.717) is 15.1 Å². The van der Waals surface area contributed by atoms with E-state index in [1.54, 1.807) is 36.4 Å². The van der Waals surface area contributed by atoms with E-state index in [-0.39, 0.29) is 10.6 Å². The number of halogens is 4. The lowest BCUT2D eigenvalue weighted by atomic mass is 10.00. The fraction of sp³-hybridized carbons (Fsp3) is 0.250. The van der Waals surface area contributed by atoms with Gasteiger partial charge in [-0.25, -0.2) is 9.37 Å². The summed E-state index contributed by atoms with van der Waals surface area (Å²) in [5.41, 5.74) is 1.09. The minimum absolute atomic E-state index is 0.212. The molecule has 2 nitrogen and oxygen atoms in total. The van der Waals surface area contributed by atoms with Gasteiger partial charge in [-0.05, 0) is 49.6 Å². The lowest BCUT2D eigenvalue weighted by molar-refractivity contribution is 0.495.